The van der Waals surface area contributed by atoms with E-state index in [0.717, 1.165) is 16.7 Å². The molecule has 0 saturated heterocycles. The molecule has 0 bridgehead atoms. The molecular formula is C16H24BNO3. The Bertz CT molecular complexity index is 565. The highest BCUT2D eigenvalue weighted by Crippen LogP contribution is 2.39. The molecule has 1 unspecified atom stereocenters. The zero-order chi connectivity index (χ0) is 16.4. The molecule has 0 amide bonds. The van der Waals surface area contributed by atoms with Crippen molar-refractivity contribution in [1.82, 2.24) is 0 Å². The van der Waals surface area contributed by atoms with E-state index < -0.39 is 17.4 Å². The van der Waals surface area contributed by atoms with Crippen molar-refractivity contribution in [2.24, 2.45) is 5.73 Å². The summed E-state index contributed by atoms with van der Waals surface area (Å²) in [6.07, 6.45) is 0.389. The molecule has 5 heteroatoms. The number of hydrogen-bond donors (Lipinski definition) is 1. The van der Waals surface area contributed by atoms with Gasteiger partial charge in [-0.1, -0.05) is 26.0 Å². The lowest BCUT2D eigenvalue weighted by Crippen LogP contribution is -2.32. The fraction of sp³-hybridized carbons (Fsp3) is 0.500. The molecule has 0 radical (unpaired) electrons. The van der Waals surface area contributed by atoms with Gasteiger partial charge in [-0.2, -0.15) is 0 Å². The maximum atomic E-state index is 11.9. The van der Waals surface area contributed by atoms with Crippen LogP contribution in [0.3, 0.4) is 0 Å². The van der Waals surface area contributed by atoms with Gasteiger partial charge in [0.05, 0.1) is 5.68 Å². The highest BCUT2D eigenvalue weighted by Gasteiger charge is 2.30. The molecule has 0 aliphatic rings. The van der Waals surface area contributed by atoms with Gasteiger partial charge in [0.2, 0.25) is 0 Å². The average Bonchev–Trinajstić information content (AvgIpc) is 2.31. The topological polar surface area (TPSA) is 69.4 Å². The van der Waals surface area contributed by atoms with Crippen LogP contribution in [0.15, 0.2) is 12.1 Å². The number of aryl methyl sites for hydroxylation is 2. The smallest absolute Gasteiger partial charge is 0.328 e. The Kier molecular flexibility index (Phi) is 5.34. The van der Waals surface area contributed by atoms with Gasteiger partial charge in [-0.3, -0.25) is 0 Å². The molecule has 1 atom stereocenters. The van der Waals surface area contributed by atoms with Crippen molar-refractivity contribution in [1.29, 1.82) is 0 Å². The van der Waals surface area contributed by atoms with E-state index in [1.807, 2.05) is 39.8 Å². The van der Waals surface area contributed by atoms with Crippen molar-refractivity contribution in [3.8, 4) is 5.75 Å². The molecule has 4 nitrogen and oxygen atoms in total. The Labute approximate surface area is 127 Å². The summed E-state index contributed by atoms with van der Waals surface area (Å²) in [5, 5.41) is 0. The minimum Gasteiger partial charge on any atom is -0.425 e. The predicted molar refractivity (Wildman–Crippen MR) is 86.4 cm³/mol. The molecular weight excluding hydrogens is 265 g/mol. The lowest BCUT2D eigenvalue weighted by atomic mass is 9.74. The lowest BCUT2D eigenvalue weighted by molar-refractivity contribution is -0.135. The molecule has 0 aromatic heterocycles. The Morgan fingerprint density at radius 2 is 1.81 bits per heavy atom. The van der Waals surface area contributed by atoms with Crippen molar-refractivity contribution in [2.45, 2.75) is 52.5 Å². The molecule has 0 saturated carbocycles. The number of nitrogens with two attached hydrogens (primary N) is 1. The van der Waals surface area contributed by atoms with Crippen molar-refractivity contribution in [2.75, 3.05) is 0 Å². The molecule has 2 N–H and O–H groups in total. The summed E-state index contributed by atoms with van der Waals surface area (Å²) < 4.78 is 5.51. The van der Waals surface area contributed by atoms with Crippen LogP contribution >= 0.6 is 0 Å². The lowest BCUT2D eigenvalue weighted by Gasteiger charge is -2.29. The van der Waals surface area contributed by atoms with Gasteiger partial charge in [-0.15, -0.1) is 0 Å². The van der Waals surface area contributed by atoms with E-state index >= 15 is 0 Å². The summed E-state index contributed by atoms with van der Waals surface area (Å²) in [6.45, 7) is 9.41. The molecule has 0 spiro atoms. The van der Waals surface area contributed by atoms with E-state index in [0.29, 0.717) is 12.2 Å². The third-order valence-electron chi connectivity index (χ3n) is 3.50. The number of benzene rings is 1. The molecule has 114 valence electrons. The third-order valence-corrected chi connectivity index (χ3v) is 3.50. The molecule has 0 aliphatic heterocycles. The molecule has 0 heterocycles. The van der Waals surface area contributed by atoms with Gasteiger partial charge >= 0.3 is 5.97 Å². The standard InChI is InChI=1S/C16H24BNO3/c1-9-6-7-10(2)14(21-15(20)11(3)18)13(9)16(4,5)8-12(17)19/h6-7,11H,8,17-18H2,1-5H3. The third kappa shape index (κ3) is 4.17. The number of esters is 1. The zero-order valence-electron chi connectivity index (χ0n) is 13.7. The van der Waals surface area contributed by atoms with Crippen molar-refractivity contribution >= 4 is 19.5 Å². The summed E-state index contributed by atoms with van der Waals surface area (Å²) in [7, 11) is 1.57. The van der Waals surface area contributed by atoms with Crippen molar-refractivity contribution in [3.63, 3.8) is 0 Å². The average molecular weight is 289 g/mol. The number of carbonyl (C=O) groups excluding carboxylic acids is 2. The molecule has 0 aliphatic carbocycles. The van der Waals surface area contributed by atoms with Gasteiger partial charge < -0.3 is 15.3 Å². The monoisotopic (exact) mass is 289 g/mol. The normalized spacial score (nSPS) is 12.9. The minimum atomic E-state index is -0.686. The fourth-order valence-electron chi connectivity index (χ4n) is 2.66. The van der Waals surface area contributed by atoms with Crippen LogP contribution in [0.2, 0.25) is 0 Å². The summed E-state index contributed by atoms with van der Waals surface area (Å²) >= 11 is 0. The second-order valence-electron chi connectivity index (χ2n) is 6.38. The second kappa shape index (κ2) is 6.44. The molecule has 1 aromatic rings. The van der Waals surface area contributed by atoms with Crippen LogP contribution in [0, 0.1) is 13.8 Å². The fourth-order valence-corrected chi connectivity index (χ4v) is 2.66. The first-order valence-electron chi connectivity index (χ1n) is 7.13. The highest BCUT2D eigenvalue weighted by atomic mass is 16.5. The summed E-state index contributed by atoms with van der Waals surface area (Å²) in [5.74, 6) is 0.0622. The quantitative estimate of drug-likeness (QED) is 0.505. The van der Waals surface area contributed by atoms with E-state index in [-0.39, 0.29) is 5.68 Å². The molecule has 0 fully saturated rings. The van der Waals surface area contributed by atoms with Crippen molar-refractivity contribution < 1.29 is 14.3 Å². The van der Waals surface area contributed by atoms with Gasteiger partial charge in [0, 0.05) is 12.0 Å². The van der Waals surface area contributed by atoms with Crippen LogP contribution in [0.25, 0.3) is 0 Å². The van der Waals surface area contributed by atoms with Crippen LogP contribution in [-0.4, -0.2) is 25.5 Å². The summed E-state index contributed by atoms with van der Waals surface area (Å²) in [4.78, 5) is 23.4. The minimum absolute atomic E-state index is 0.102. The van der Waals surface area contributed by atoms with Crippen LogP contribution in [0.4, 0.5) is 0 Å². The van der Waals surface area contributed by atoms with Gasteiger partial charge in [-0.05, 0) is 37.3 Å². The van der Waals surface area contributed by atoms with Crippen molar-refractivity contribution in [3.05, 3.63) is 28.8 Å². The number of carbonyl (C=O) groups is 2. The molecule has 1 aromatic carbocycles. The zero-order valence-corrected chi connectivity index (χ0v) is 13.7. The van der Waals surface area contributed by atoms with Crippen LogP contribution in [-0.2, 0) is 15.0 Å². The van der Waals surface area contributed by atoms with E-state index in [4.69, 9.17) is 10.5 Å². The maximum absolute atomic E-state index is 11.9. The van der Waals surface area contributed by atoms with E-state index in [1.54, 1.807) is 14.8 Å². The predicted octanol–water partition coefficient (Wildman–Crippen LogP) is 1.38. The van der Waals surface area contributed by atoms with Crippen LogP contribution in [0.1, 0.15) is 43.9 Å². The van der Waals surface area contributed by atoms with Gasteiger partial charge in [0.1, 0.15) is 11.8 Å². The van der Waals surface area contributed by atoms with E-state index in [9.17, 15) is 9.59 Å². The Morgan fingerprint density at radius 3 is 2.29 bits per heavy atom. The Morgan fingerprint density at radius 1 is 1.29 bits per heavy atom. The van der Waals surface area contributed by atoms with Gasteiger partial charge in [0.25, 0.3) is 0 Å². The maximum Gasteiger partial charge on any atom is 0.328 e. The second-order valence-corrected chi connectivity index (χ2v) is 6.38. The largest absolute Gasteiger partial charge is 0.425 e. The van der Waals surface area contributed by atoms with Crippen LogP contribution in [0.5, 0.6) is 5.75 Å². The molecule has 21 heavy (non-hydrogen) atoms. The summed E-state index contributed by atoms with van der Waals surface area (Å²) in [6, 6.07) is 3.20. The van der Waals surface area contributed by atoms with E-state index in [2.05, 4.69) is 0 Å². The van der Waals surface area contributed by atoms with Gasteiger partial charge in [-0.25, -0.2) is 4.79 Å². The summed E-state index contributed by atoms with van der Waals surface area (Å²) in [5.41, 5.74) is 8.03. The Hall–Kier alpha value is -1.62. The Balaban J connectivity index is 3.39. The first kappa shape index (κ1) is 17.4. The molecule has 1 rings (SSSR count). The number of rotatable bonds is 5. The van der Waals surface area contributed by atoms with Gasteiger partial charge in [0.15, 0.2) is 7.85 Å². The number of ether oxygens (including phenoxy) is 1. The SMILES string of the molecule is BC(=O)CC(C)(C)c1c(C)ccc(C)c1OC(=O)C(C)N. The van der Waals surface area contributed by atoms with Crippen LogP contribution < -0.4 is 10.5 Å². The number of hydrogen-bond acceptors (Lipinski definition) is 4. The first-order valence-corrected chi connectivity index (χ1v) is 7.13. The van der Waals surface area contributed by atoms with E-state index in [1.165, 1.54) is 0 Å². The highest BCUT2D eigenvalue weighted by molar-refractivity contribution is 6.57. The first-order chi connectivity index (χ1) is 9.56.